The van der Waals surface area contributed by atoms with Crippen molar-refractivity contribution in [3.63, 3.8) is 0 Å². The van der Waals surface area contributed by atoms with Crippen LogP contribution in [0.1, 0.15) is 22.7 Å². The van der Waals surface area contributed by atoms with Gasteiger partial charge in [0.1, 0.15) is 11.6 Å². The van der Waals surface area contributed by atoms with Crippen LogP contribution in [-0.2, 0) is 6.18 Å². The van der Waals surface area contributed by atoms with E-state index in [1.165, 1.54) is 18.3 Å². The van der Waals surface area contributed by atoms with Gasteiger partial charge in [0.15, 0.2) is 0 Å². The van der Waals surface area contributed by atoms with Crippen molar-refractivity contribution < 1.29 is 17.6 Å². The van der Waals surface area contributed by atoms with Crippen LogP contribution < -0.4 is 17.0 Å². The number of rotatable bonds is 3. The van der Waals surface area contributed by atoms with Crippen LogP contribution in [0.4, 0.5) is 23.4 Å². The molecule has 0 bridgehead atoms. The molecule has 0 spiro atoms. The number of pyridine rings is 1. The first-order valence-corrected chi connectivity index (χ1v) is 5.87. The Balaban J connectivity index is 2.55. The van der Waals surface area contributed by atoms with Crippen LogP contribution in [0, 0.1) is 5.82 Å². The molecule has 4 nitrogen and oxygen atoms in total. The minimum absolute atomic E-state index is 0.0530. The average Bonchev–Trinajstić information content (AvgIpc) is 2.42. The number of nitrogens with one attached hydrogen (secondary N) is 1. The van der Waals surface area contributed by atoms with Crippen molar-refractivity contribution >= 4 is 5.82 Å². The summed E-state index contributed by atoms with van der Waals surface area (Å²) in [6.45, 7) is 0. The molecule has 21 heavy (non-hydrogen) atoms. The summed E-state index contributed by atoms with van der Waals surface area (Å²) in [5.74, 6) is 4.58. The lowest BCUT2D eigenvalue weighted by Crippen LogP contribution is -2.30. The Kier molecular flexibility index (Phi) is 4.10. The number of aromatic nitrogens is 1. The van der Waals surface area contributed by atoms with E-state index in [0.29, 0.717) is 17.7 Å². The van der Waals surface area contributed by atoms with Crippen LogP contribution in [0.2, 0.25) is 0 Å². The van der Waals surface area contributed by atoms with Crippen LogP contribution >= 0.6 is 0 Å². The number of hydrazine groups is 1. The molecule has 0 saturated carbocycles. The molecule has 1 heterocycles. The Labute approximate surface area is 117 Å². The topological polar surface area (TPSA) is 77.0 Å². The minimum Gasteiger partial charge on any atom is -0.383 e. The molecule has 0 aliphatic carbocycles. The maximum absolute atomic E-state index is 13.9. The standard InChI is InChI=1S/C13H12F4N4/c14-10-4-3-7(13(15,16)17)6-9(10)11(21-19)8-2-1-5-20-12(8)18/h1-6,11,21H,19H2,(H2,18,20). The molecule has 2 rings (SSSR count). The first-order valence-electron chi connectivity index (χ1n) is 5.87. The number of nitrogens with zero attached hydrogens (tertiary/aromatic N) is 1. The predicted octanol–water partition coefficient (Wildman–Crippen LogP) is 2.37. The largest absolute Gasteiger partial charge is 0.416 e. The van der Waals surface area contributed by atoms with Gasteiger partial charge >= 0.3 is 6.18 Å². The van der Waals surface area contributed by atoms with Crippen molar-refractivity contribution in [2.45, 2.75) is 12.2 Å². The van der Waals surface area contributed by atoms with Crippen LogP contribution in [0.5, 0.6) is 0 Å². The van der Waals surface area contributed by atoms with Crippen LogP contribution in [0.3, 0.4) is 0 Å². The zero-order valence-corrected chi connectivity index (χ0v) is 10.7. The Morgan fingerprint density at radius 3 is 2.43 bits per heavy atom. The third-order valence-electron chi connectivity index (χ3n) is 2.98. The van der Waals surface area contributed by atoms with Gasteiger partial charge in [0.25, 0.3) is 0 Å². The van der Waals surface area contributed by atoms with E-state index in [1.807, 2.05) is 0 Å². The lowest BCUT2D eigenvalue weighted by Gasteiger charge is -2.20. The van der Waals surface area contributed by atoms with Gasteiger partial charge in [0, 0.05) is 17.3 Å². The molecule has 0 amide bonds. The number of nitrogens with two attached hydrogens (primary N) is 2. The van der Waals surface area contributed by atoms with Gasteiger partial charge in [-0.3, -0.25) is 5.84 Å². The zero-order chi connectivity index (χ0) is 15.6. The fourth-order valence-electron chi connectivity index (χ4n) is 1.96. The third kappa shape index (κ3) is 3.11. The first-order chi connectivity index (χ1) is 9.84. The summed E-state index contributed by atoms with van der Waals surface area (Å²) in [6.07, 6.45) is -3.17. The van der Waals surface area contributed by atoms with Gasteiger partial charge in [0.05, 0.1) is 11.6 Å². The fraction of sp³-hybridized carbons (Fsp3) is 0.154. The molecule has 0 aliphatic rings. The lowest BCUT2D eigenvalue weighted by molar-refractivity contribution is -0.137. The second-order valence-corrected chi connectivity index (χ2v) is 4.31. The van der Waals surface area contributed by atoms with Gasteiger partial charge in [0.2, 0.25) is 0 Å². The molecular formula is C13H12F4N4. The van der Waals surface area contributed by atoms with Gasteiger partial charge in [-0.2, -0.15) is 13.2 Å². The number of benzene rings is 1. The van der Waals surface area contributed by atoms with Crippen molar-refractivity contribution in [2.24, 2.45) is 5.84 Å². The van der Waals surface area contributed by atoms with Gasteiger partial charge in [-0.25, -0.2) is 14.8 Å². The monoisotopic (exact) mass is 300 g/mol. The minimum atomic E-state index is -4.58. The second kappa shape index (κ2) is 5.66. The summed E-state index contributed by atoms with van der Waals surface area (Å²) < 4.78 is 52.1. The Hall–Kier alpha value is -2.19. The number of anilines is 1. The van der Waals surface area contributed by atoms with Gasteiger partial charge < -0.3 is 5.73 Å². The highest BCUT2D eigenvalue weighted by Crippen LogP contribution is 2.34. The lowest BCUT2D eigenvalue weighted by atomic mass is 9.97. The Morgan fingerprint density at radius 1 is 1.14 bits per heavy atom. The van der Waals surface area contributed by atoms with Crippen molar-refractivity contribution in [1.29, 1.82) is 0 Å². The van der Waals surface area contributed by atoms with E-state index in [-0.39, 0.29) is 11.4 Å². The molecular weight excluding hydrogens is 288 g/mol. The Morgan fingerprint density at radius 2 is 1.86 bits per heavy atom. The van der Waals surface area contributed by atoms with Gasteiger partial charge in [-0.05, 0) is 24.3 Å². The van der Waals surface area contributed by atoms with E-state index in [9.17, 15) is 17.6 Å². The zero-order valence-electron chi connectivity index (χ0n) is 10.7. The third-order valence-corrected chi connectivity index (χ3v) is 2.98. The fourth-order valence-corrected chi connectivity index (χ4v) is 1.96. The SMILES string of the molecule is NNC(c1cc(C(F)(F)F)ccc1F)c1cccnc1N. The summed E-state index contributed by atoms with van der Waals surface area (Å²) >= 11 is 0. The summed E-state index contributed by atoms with van der Waals surface area (Å²) in [5.41, 5.74) is 6.99. The van der Waals surface area contributed by atoms with E-state index in [4.69, 9.17) is 11.6 Å². The number of nitrogen functional groups attached to an aromatic ring is 1. The molecule has 1 atom stereocenters. The molecule has 8 heteroatoms. The van der Waals surface area contributed by atoms with E-state index >= 15 is 0 Å². The maximum atomic E-state index is 13.9. The van der Waals surface area contributed by atoms with Crippen molar-refractivity contribution in [3.05, 3.63) is 59.0 Å². The number of hydrogen-bond donors (Lipinski definition) is 3. The van der Waals surface area contributed by atoms with Crippen molar-refractivity contribution in [3.8, 4) is 0 Å². The van der Waals surface area contributed by atoms with Crippen LogP contribution in [0.25, 0.3) is 0 Å². The summed E-state index contributed by atoms with van der Waals surface area (Å²) in [7, 11) is 0. The normalized spacial score (nSPS) is 13.2. The van der Waals surface area contributed by atoms with Crippen molar-refractivity contribution in [2.75, 3.05) is 5.73 Å². The summed E-state index contributed by atoms with van der Waals surface area (Å²) in [5, 5.41) is 0. The van der Waals surface area contributed by atoms with Crippen LogP contribution in [0.15, 0.2) is 36.5 Å². The van der Waals surface area contributed by atoms with Gasteiger partial charge in [-0.15, -0.1) is 0 Å². The molecule has 0 saturated heterocycles. The molecule has 1 aromatic heterocycles. The molecule has 0 radical (unpaired) electrons. The van der Waals surface area contributed by atoms with Crippen LogP contribution in [-0.4, -0.2) is 4.98 Å². The van der Waals surface area contributed by atoms with E-state index in [2.05, 4.69) is 10.4 Å². The number of alkyl halides is 3. The molecule has 0 fully saturated rings. The number of hydrogen-bond acceptors (Lipinski definition) is 4. The second-order valence-electron chi connectivity index (χ2n) is 4.31. The Bertz CT molecular complexity index is 642. The van der Waals surface area contributed by atoms with Gasteiger partial charge in [-0.1, -0.05) is 6.07 Å². The molecule has 5 N–H and O–H groups in total. The highest BCUT2D eigenvalue weighted by atomic mass is 19.4. The molecule has 1 aromatic carbocycles. The quantitative estimate of drug-likeness (QED) is 0.462. The van der Waals surface area contributed by atoms with E-state index in [1.54, 1.807) is 0 Å². The van der Waals surface area contributed by atoms with Crippen molar-refractivity contribution in [1.82, 2.24) is 10.4 Å². The smallest absolute Gasteiger partial charge is 0.383 e. The summed E-state index contributed by atoms with van der Waals surface area (Å²) in [6, 6.07) is 4.11. The first kappa shape index (κ1) is 15.2. The molecule has 0 aliphatic heterocycles. The molecule has 1 unspecified atom stereocenters. The van der Waals surface area contributed by atoms with E-state index < -0.39 is 23.6 Å². The maximum Gasteiger partial charge on any atom is 0.416 e. The van der Waals surface area contributed by atoms with E-state index in [0.717, 1.165) is 6.07 Å². The average molecular weight is 300 g/mol. The predicted molar refractivity (Wildman–Crippen MR) is 69.2 cm³/mol. The molecule has 2 aromatic rings. The summed E-state index contributed by atoms with van der Waals surface area (Å²) in [4.78, 5) is 3.81. The number of halogens is 4. The molecule has 112 valence electrons. The highest BCUT2D eigenvalue weighted by molar-refractivity contribution is 5.46. The highest BCUT2D eigenvalue weighted by Gasteiger charge is 2.32.